The minimum absolute atomic E-state index is 0. The summed E-state index contributed by atoms with van der Waals surface area (Å²) in [5.41, 5.74) is 0. The topological polar surface area (TPSA) is 0 Å². The Balaban J connectivity index is 0. The molecular weight excluding hydrogens is 292 g/mol. The normalized spacial score (nSPS) is 0. The van der Waals surface area contributed by atoms with Crippen LogP contribution in [0.3, 0.4) is 0 Å². The molecule has 0 aliphatic carbocycles. The average Bonchev–Trinajstić information content (AvgIpc) is 0. The van der Waals surface area contributed by atoms with Crippen LogP contribution in [0.5, 0.6) is 0 Å². The molecule has 4 heavy (non-hydrogen) atoms. The first-order valence-corrected chi connectivity index (χ1v) is 0. The molecule has 0 unspecified atom stereocenters. The van der Waals surface area contributed by atoms with Crippen LogP contribution in [-0.4, -0.2) is 34.7 Å². The van der Waals surface area contributed by atoms with Crippen LogP contribution in [-0.2, 0) is 22.4 Å². The third kappa shape index (κ3) is 8.91. The second-order valence-corrected chi connectivity index (χ2v) is 0. The fourth-order valence-corrected chi connectivity index (χ4v) is 0. The Morgan fingerprint density at radius 2 is 1.00 bits per heavy atom. The molecule has 0 bridgehead atoms. The van der Waals surface area contributed by atoms with Gasteiger partial charge >= 0.3 is 34.7 Å². The van der Waals surface area contributed by atoms with Gasteiger partial charge in [-0.2, -0.15) is 13.5 Å². The predicted octanol–water partition coefficient (Wildman–Crippen LogP) is -2.26. The number of rotatable bonds is 0. The van der Waals surface area contributed by atoms with E-state index in [1.165, 1.54) is 0 Å². The van der Waals surface area contributed by atoms with Crippen molar-refractivity contribution in [3.05, 3.63) is 0 Å². The molecule has 0 aliphatic heterocycles. The zero-order valence-electron chi connectivity index (χ0n) is 1.30. The van der Waals surface area contributed by atoms with Crippen molar-refractivity contribution in [2.45, 2.75) is 0 Å². The monoisotopic (exact) mass is 301 g/mol. The summed E-state index contributed by atoms with van der Waals surface area (Å²) in [6, 6.07) is 0. The van der Waals surface area contributed by atoms with Gasteiger partial charge in [0.1, 0.15) is 0 Å². The SMILES string of the molecule is S.[Ag].[GeH4].[SeH2]. The average molecular weight is 300 g/mol. The number of hydrogen-bond donors (Lipinski definition) is 0. The summed E-state index contributed by atoms with van der Waals surface area (Å²) in [6.45, 7) is 0. The molecule has 0 amide bonds. The van der Waals surface area contributed by atoms with E-state index in [1.807, 2.05) is 0 Å². The van der Waals surface area contributed by atoms with E-state index in [2.05, 4.69) is 0 Å². The molecule has 35 valence electrons. The molecule has 4 heteroatoms. The second-order valence-electron chi connectivity index (χ2n) is 0. The molecule has 0 saturated carbocycles. The van der Waals surface area contributed by atoms with Crippen molar-refractivity contribution in [2.24, 2.45) is 0 Å². The Bertz CT molecular complexity index is 8.00. The Morgan fingerprint density at radius 1 is 1.00 bits per heavy atom. The zero-order valence-corrected chi connectivity index (χ0v) is 5.88. The van der Waals surface area contributed by atoms with Gasteiger partial charge in [-0.3, -0.25) is 0 Å². The third-order valence-electron chi connectivity index (χ3n) is 0. The van der Waals surface area contributed by atoms with Gasteiger partial charge in [0.05, 0.1) is 0 Å². The van der Waals surface area contributed by atoms with Crippen molar-refractivity contribution in [3.63, 3.8) is 0 Å². The van der Waals surface area contributed by atoms with Crippen LogP contribution in [0.4, 0.5) is 0 Å². The van der Waals surface area contributed by atoms with Crippen molar-refractivity contribution in [3.8, 4) is 0 Å². The van der Waals surface area contributed by atoms with Crippen LogP contribution in [0.25, 0.3) is 0 Å². The first kappa shape index (κ1) is 35.3. The molecule has 1 radical (unpaired) electrons. The van der Waals surface area contributed by atoms with E-state index in [4.69, 9.17) is 0 Å². The van der Waals surface area contributed by atoms with Gasteiger partial charge in [-0.15, -0.1) is 0 Å². The van der Waals surface area contributed by atoms with Gasteiger partial charge in [0, 0.05) is 22.4 Å². The first-order chi connectivity index (χ1) is 0. The molecule has 0 aromatic rings. The van der Waals surface area contributed by atoms with Crippen molar-refractivity contribution >= 4 is 48.2 Å². The molecular formula is H8AgGeSSe. The van der Waals surface area contributed by atoms with Crippen molar-refractivity contribution in [2.75, 3.05) is 0 Å². The Kier molecular flexibility index (Phi) is 169. The quantitative estimate of drug-likeness (QED) is 0.443. The van der Waals surface area contributed by atoms with E-state index in [0.717, 1.165) is 0 Å². The van der Waals surface area contributed by atoms with Gasteiger partial charge in [0.25, 0.3) is 0 Å². The molecule has 0 rings (SSSR count). The molecule has 0 nitrogen and oxygen atoms in total. The van der Waals surface area contributed by atoms with Crippen molar-refractivity contribution < 1.29 is 22.4 Å². The Labute approximate surface area is 69.9 Å². The van der Waals surface area contributed by atoms with E-state index in [1.54, 1.807) is 0 Å². The van der Waals surface area contributed by atoms with Gasteiger partial charge in [0.15, 0.2) is 0 Å². The molecule has 0 fully saturated rings. The minimum atomic E-state index is 0. The molecule has 0 aliphatic rings. The summed E-state index contributed by atoms with van der Waals surface area (Å²) >= 11 is 0. The van der Waals surface area contributed by atoms with E-state index >= 15 is 0 Å². The summed E-state index contributed by atoms with van der Waals surface area (Å²) < 4.78 is 0. The van der Waals surface area contributed by atoms with E-state index in [9.17, 15) is 0 Å². The summed E-state index contributed by atoms with van der Waals surface area (Å²) in [6.07, 6.45) is 0. The van der Waals surface area contributed by atoms with Gasteiger partial charge in [0.2, 0.25) is 0 Å². The van der Waals surface area contributed by atoms with E-state index in [0.29, 0.717) is 0 Å². The maximum absolute atomic E-state index is 0. The van der Waals surface area contributed by atoms with Crippen LogP contribution in [0.2, 0.25) is 0 Å². The van der Waals surface area contributed by atoms with Gasteiger partial charge < -0.3 is 0 Å². The molecule has 0 N–H and O–H groups in total. The second kappa shape index (κ2) is 19.2. The Morgan fingerprint density at radius 3 is 1.00 bits per heavy atom. The van der Waals surface area contributed by atoms with Crippen LogP contribution in [0.1, 0.15) is 0 Å². The molecule has 0 saturated heterocycles. The van der Waals surface area contributed by atoms with Gasteiger partial charge in [-0.1, -0.05) is 0 Å². The maximum atomic E-state index is 0. The molecule has 0 aromatic heterocycles. The van der Waals surface area contributed by atoms with E-state index in [-0.39, 0.29) is 70.5 Å². The predicted molar refractivity (Wildman–Crippen MR) is 30.3 cm³/mol. The van der Waals surface area contributed by atoms with E-state index < -0.39 is 0 Å². The van der Waals surface area contributed by atoms with Crippen molar-refractivity contribution in [1.82, 2.24) is 0 Å². The summed E-state index contributed by atoms with van der Waals surface area (Å²) in [7, 11) is 0. The van der Waals surface area contributed by atoms with Crippen LogP contribution < -0.4 is 0 Å². The molecule has 0 heterocycles. The van der Waals surface area contributed by atoms with Crippen LogP contribution in [0.15, 0.2) is 0 Å². The summed E-state index contributed by atoms with van der Waals surface area (Å²) in [5, 5.41) is 0. The first-order valence-electron chi connectivity index (χ1n) is 0. The van der Waals surface area contributed by atoms with Gasteiger partial charge in [-0.05, 0) is 0 Å². The molecule has 0 aromatic carbocycles. The molecule has 0 spiro atoms. The summed E-state index contributed by atoms with van der Waals surface area (Å²) in [4.78, 5) is 0. The summed E-state index contributed by atoms with van der Waals surface area (Å²) in [5.74, 6) is 0. The Hall–Kier alpha value is 2.15. The fraction of sp³-hybridized carbons (Fsp3) is 0. The third-order valence-corrected chi connectivity index (χ3v) is 0. The zero-order chi connectivity index (χ0) is 0. The fourth-order valence-electron chi connectivity index (χ4n) is 0. The standard InChI is InChI=1S/Ag.GeH4.H2S.H2Se/h;1H4;2*1H2. The van der Waals surface area contributed by atoms with Gasteiger partial charge in [-0.25, -0.2) is 0 Å². The number of hydrogen-bond acceptors (Lipinski definition) is 0. The molecule has 0 atom stereocenters. The van der Waals surface area contributed by atoms with Crippen LogP contribution in [0, 0.1) is 0 Å². The van der Waals surface area contributed by atoms with Crippen molar-refractivity contribution in [1.29, 1.82) is 0 Å². The van der Waals surface area contributed by atoms with Crippen LogP contribution >= 0.6 is 13.5 Å².